The quantitative estimate of drug-likeness (QED) is 0.711. The van der Waals surface area contributed by atoms with Crippen molar-refractivity contribution in [1.29, 1.82) is 0 Å². The van der Waals surface area contributed by atoms with Gasteiger partial charge in [0.2, 0.25) is 0 Å². The van der Waals surface area contributed by atoms with Gasteiger partial charge in [0.15, 0.2) is 6.29 Å². The monoisotopic (exact) mass is 206 g/mol. The number of carbonyl (C=O) groups is 1. The molecule has 0 spiro atoms. The van der Waals surface area contributed by atoms with Gasteiger partial charge in [0.25, 0.3) is 0 Å². The standard InChI is InChI=1S/C13H18O2/c1-10-5-6-11(13(2,3)4)12(9-10)15-8-7-14/h5-7,9H,8H2,1-4H3. The van der Waals surface area contributed by atoms with Crippen molar-refractivity contribution >= 4 is 6.29 Å². The van der Waals surface area contributed by atoms with E-state index in [4.69, 9.17) is 4.74 Å². The molecule has 0 unspecified atom stereocenters. The number of hydrogen-bond acceptors (Lipinski definition) is 2. The Balaban J connectivity index is 3.08. The number of carbonyl (C=O) groups excluding carboxylic acids is 1. The van der Waals surface area contributed by atoms with E-state index in [1.54, 1.807) is 0 Å². The second kappa shape index (κ2) is 4.47. The zero-order valence-corrected chi connectivity index (χ0v) is 9.83. The molecule has 0 aliphatic rings. The highest BCUT2D eigenvalue weighted by Crippen LogP contribution is 2.31. The van der Waals surface area contributed by atoms with Crippen LogP contribution in [0.25, 0.3) is 0 Å². The fraction of sp³-hybridized carbons (Fsp3) is 0.462. The van der Waals surface area contributed by atoms with E-state index >= 15 is 0 Å². The zero-order valence-electron chi connectivity index (χ0n) is 9.83. The second-order valence-corrected chi connectivity index (χ2v) is 4.73. The Morgan fingerprint density at radius 2 is 2.00 bits per heavy atom. The maximum Gasteiger partial charge on any atom is 0.157 e. The molecular weight excluding hydrogens is 188 g/mol. The molecule has 0 atom stereocenters. The van der Waals surface area contributed by atoms with Crippen molar-refractivity contribution in [2.75, 3.05) is 6.61 Å². The van der Waals surface area contributed by atoms with Crippen molar-refractivity contribution in [2.24, 2.45) is 0 Å². The Morgan fingerprint density at radius 1 is 1.33 bits per heavy atom. The van der Waals surface area contributed by atoms with Gasteiger partial charge in [0, 0.05) is 0 Å². The first kappa shape index (κ1) is 11.8. The molecule has 1 aromatic carbocycles. The van der Waals surface area contributed by atoms with E-state index in [1.165, 1.54) is 0 Å². The van der Waals surface area contributed by atoms with Gasteiger partial charge in [-0.1, -0.05) is 32.9 Å². The first-order valence-electron chi connectivity index (χ1n) is 5.12. The molecule has 0 aromatic heterocycles. The van der Waals surface area contributed by atoms with Crippen molar-refractivity contribution in [3.63, 3.8) is 0 Å². The molecule has 0 N–H and O–H groups in total. The van der Waals surface area contributed by atoms with Crippen LogP contribution in [0.5, 0.6) is 5.75 Å². The lowest BCUT2D eigenvalue weighted by Gasteiger charge is -2.22. The summed E-state index contributed by atoms with van der Waals surface area (Å²) in [4.78, 5) is 10.3. The molecule has 0 heterocycles. The predicted molar refractivity (Wildman–Crippen MR) is 61.4 cm³/mol. The van der Waals surface area contributed by atoms with Gasteiger partial charge in [-0.15, -0.1) is 0 Å². The van der Waals surface area contributed by atoms with Crippen molar-refractivity contribution in [1.82, 2.24) is 0 Å². The van der Waals surface area contributed by atoms with E-state index < -0.39 is 0 Å². The topological polar surface area (TPSA) is 26.3 Å². The molecular formula is C13H18O2. The van der Waals surface area contributed by atoms with Crippen molar-refractivity contribution in [3.8, 4) is 5.75 Å². The van der Waals surface area contributed by atoms with E-state index in [0.29, 0.717) is 0 Å². The normalized spacial score (nSPS) is 11.2. The van der Waals surface area contributed by atoms with Crippen molar-refractivity contribution < 1.29 is 9.53 Å². The molecule has 0 radical (unpaired) electrons. The predicted octanol–water partition coefficient (Wildman–Crippen LogP) is 2.87. The molecule has 0 bridgehead atoms. The van der Waals surface area contributed by atoms with Gasteiger partial charge in [-0.05, 0) is 29.5 Å². The molecule has 2 heteroatoms. The largest absolute Gasteiger partial charge is 0.486 e. The van der Waals surface area contributed by atoms with Gasteiger partial charge < -0.3 is 4.74 Å². The van der Waals surface area contributed by atoms with E-state index in [9.17, 15) is 4.79 Å². The molecule has 1 aromatic rings. The number of aldehydes is 1. The SMILES string of the molecule is Cc1ccc(C(C)(C)C)c(OCC=O)c1. The first-order chi connectivity index (χ1) is 6.95. The summed E-state index contributed by atoms with van der Waals surface area (Å²) in [5, 5.41) is 0. The summed E-state index contributed by atoms with van der Waals surface area (Å²) in [7, 11) is 0. The van der Waals surface area contributed by atoms with Crippen LogP contribution >= 0.6 is 0 Å². The minimum Gasteiger partial charge on any atom is -0.486 e. The Morgan fingerprint density at radius 3 is 2.53 bits per heavy atom. The maximum absolute atomic E-state index is 10.3. The number of benzene rings is 1. The summed E-state index contributed by atoms with van der Waals surface area (Å²) in [6.07, 6.45) is 0.773. The van der Waals surface area contributed by atoms with Crippen LogP contribution in [0.15, 0.2) is 18.2 Å². The van der Waals surface area contributed by atoms with Gasteiger partial charge in [-0.2, -0.15) is 0 Å². The highest BCUT2D eigenvalue weighted by molar-refractivity contribution is 5.52. The van der Waals surface area contributed by atoms with Crippen molar-refractivity contribution in [3.05, 3.63) is 29.3 Å². The molecule has 82 valence electrons. The molecule has 0 aliphatic heterocycles. The summed E-state index contributed by atoms with van der Waals surface area (Å²) < 4.78 is 5.43. The fourth-order valence-corrected chi connectivity index (χ4v) is 1.49. The summed E-state index contributed by atoms with van der Waals surface area (Å²) in [5.74, 6) is 0.814. The van der Waals surface area contributed by atoms with Crippen LogP contribution in [0, 0.1) is 6.92 Å². The minimum atomic E-state index is 0.0336. The highest BCUT2D eigenvalue weighted by Gasteiger charge is 2.18. The van der Waals surface area contributed by atoms with Crippen LogP contribution in [0.1, 0.15) is 31.9 Å². The van der Waals surface area contributed by atoms with Crippen LogP contribution in [-0.4, -0.2) is 12.9 Å². The molecule has 0 aliphatic carbocycles. The molecule has 0 saturated heterocycles. The van der Waals surface area contributed by atoms with E-state index in [-0.39, 0.29) is 12.0 Å². The lowest BCUT2D eigenvalue weighted by molar-refractivity contribution is -0.109. The average molecular weight is 206 g/mol. The Hall–Kier alpha value is -1.31. The second-order valence-electron chi connectivity index (χ2n) is 4.73. The molecule has 15 heavy (non-hydrogen) atoms. The van der Waals surface area contributed by atoms with Crippen LogP contribution in [0.4, 0.5) is 0 Å². The summed E-state index contributed by atoms with van der Waals surface area (Å²) >= 11 is 0. The minimum absolute atomic E-state index is 0.0336. The zero-order chi connectivity index (χ0) is 11.5. The van der Waals surface area contributed by atoms with Crippen molar-refractivity contribution in [2.45, 2.75) is 33.1 Å². The Bertz CT molecular complexity index is 348. The molecule has 0 amide bonds. The number of ether oxygens (including phenoxy) is 1. The van der Waals surface area contributed by atoms with Crippen LogP contribution in [-0.2, 0) is 10.2 Å². The summed E-state index contributed by atoms with van der Waals surface area (Å²) in [6, 6.07) is 6.11. The molecule has 2 nitrogen and oxygen atoms in total. The third-order valence-electron chi connectivity index (χ3n) is 2.25. The maximum atomic E-state index is 10.3. The Kier molecular flexibility index (Phi) is 3.51. The Labute approximate surface area is 91.3 Å². The number of hydrogen-bond donors (Lipinski definition) is 0. The van der Waals surface area contributed by atoms with E-state index in [1.807, 2.05) is 13.0 Å². The highest BCUT2D eigenvalue weighted by atomic mass is 16.5. The summed E-state index contributed by atoms with van der Waals surface area (Å²) in [6.45, 7) is 8.52. The fourth-order valence-electron chi connectivity index (χ4n) is 1.49. The van der Waals surface area contributed by atoms with Crippen LogP contribution in [0.3, 0.4) is 0 Å². The van der Waals surface area contributed by atoms with E-state index in [0.717, 1.165) is 23.2 Å². The van der Waals surface area contributed by atoms with Crippen LogP contribution in [0.2, 0.25) is 0 Å². The average Bonchev–Trinajstić information content (AvgIpc) is 2.12. The van der Waals surface area contributed by atoms with Crippen LogP contribution < -0.4 is 4.74 Å². The van der Waals surface area contributed by atoms with E-state index in [2.05, 4.69) is 32.9 Å². The van der Waals surface area contributed by atoms with Gasteiger partial charge in [-0.3, -0.25) is 4.79 Å². The first-order valence-corrected chi connectivity index (χ1v) is 5.12. The number of aryl methyl sites for hydroxylation is 1. The molecule has 0 saturated carbocycles. The lowest BCUT2D eigenvalue weighted by atomic mass is 9.86. The van der Waals surface area contributed by atoms with Gasteiger partial charge >= 0.3 is 0 Å². The molecule has 1 rings (SSSR count). The van der Waals surface area contributed by atoms with Gasteiger partial charge in [-0.25, -0.2) is 0 Å². The smallest absolute Gasteiger partial charge is 0.157 e. The third-order valence-corrected chi connectivity index (χ3v) is 2.25. The number of rotatable bonds is 3. The van der Waals surface area contributed by atoms with Gasteiger partial charge in [0.1, 0.15) is 12.4 Å². The summed E-state index contributed by atoms with van der Waals surface area (Å²) in [5.41, 5.74) is 2.31. The third kappa shape index (κ3) is 3.08. The van der Waals surface area contributed by atoms with Gasteiger partial charge in [0.05, 0.1) is 0 Å². The lowest BCUT2D eigenvalue weighted by Crippen LogP contribution is -2.14. The molecule has 0 fully saturated rings.